The second-order valence-corrected chi connectivity index (χ2v) is 3.35. The van der Waals surface area contributed by atoms with Crippen LogP contribution in [0.1, 0.15) is 12.0 Å². The normalized spacial score (nSPS) is 29.5. The van der Waals surface area contributed by atoms with E-state index in [9.17, 15) is 4.79 Å². The molecule has 1 aromatic rings. The minimum Gasteiger partial charge on any atom is -0.298 e. The van der Waals surface area contributed by atoms with Crippen molar-refractivity contribution < 1.29 is 4.79 Å². The molecule has 0 radical (unpaired) electrons. The average Bonchev–Trinajstić information content (AvgIpc) is 2.58. The number of Topliss-reactive ketones (excluding diaryl/α,β-unsaturated/α-hetero) is 1. The van der Waals surface area contributed by atoms with Crippen molar-refractivity contribution in [3.8, 4) is 0 Å². The lowest BCUT2D eigenvalue weighted by atomic mass is 9.98. The van der Waals surface area contributed by atoms with Crippen molar-refractivity contribution in [2.24, 2.45) is 4.99 Å². The monoisotopic (exact) mass is 157 g/mol. The van der Waals surface area contributed by atoms with E-state index < -0.39 is 0 Å². The number of ketones is 1. The van der Waals surface area contributed by atoms with E-state index in [0.29, 0.717) is 12.2 Å². The van der Waals surface area contributed by atoms with Gasteiger partial charge >= 0.3 is 0 Å². The zero-order chi connectivity index (χ0) is 8.18. The van der Waals surface area contributed by atoms with Crippen LogP contribution >= 0.6 is 0 Å². The summed E-state index contributed by atoms with van der Waals surface area (Å²) in [5, 5.41) is 0. The van der Waals surface area contributed by atoms with Crippen molar-refractivity contribution in [1.82, 2.24) is 0 Å². The second kappa shape index (κ2) is 1.66. The minimum atomic E-state index is -0.295. The van der Waals surface area contributed by atoms with Gasteiger partial charge in [0.25, 0.3) is 0 Å². The van der Waals surface area contributed by atoms with Crippen molar-refractivity contribution in [2.75, 3.05) is 0 Å². The Morgan fingerprint density at radius 3 is 2.83 bits per heavy atom. The third kappa shape index (κ3) is 0.524. The summed E-state index contributed by atoms with van der Waals surface area (Å²) in [5.74, 6) is 0.302. The molecule has 2 heteroatoms. The van der Waals surface area contributed by atoms with Crippen molar-refractivity contribution >= 4 is 17.7 Å². The van der Waals surface area contributed by atoms with E-state index in [1.165, 1.54) is 0 Å². The molecule has 2 nitrogen and oxygen atoms in total. The number of carbonyl (C=O) groups excluding carboxylic acids is 1. The van der Waals surface area contributed by atoms with Crippen molar-refractivity contribution in [3.05, 3.63) is 29.8 Å². The molecule has 58 valence electrons. The van der Waals surface area contributed by atoms with Gasteiger partial charge in [-0.2, -0.15) is 0 Å². The molecule has 0 N–H and O–H groups in total. The fourth-order valence-corrected chi connectivity index (χ4v) is 1.78. The Balaban J connectivity index is 2.27. The Hall–Kier alpha value is -1.44. The first-order chi connectivity index (χ1) is 5.83. The lowest BCUT2D eigenvalue weighted by Crippen LogP contribution is -2.06. The fourth-order valence-electron chi connectivity index (χ4n) is 1.78. The Morgan fingerprint density at radius 2 is 2.08 bits per heavy atom. The lowest BCUT2D eigenvalue weighted by Gasteiger charge is -2.00. The molecule has 0 aromatic heterocycles. The van der Waals surface area contributed by atoms with Gasteiger partial charge in [0.1, 0.15) is 0 Å². The summed E-state index contributed by atoms with van der Waals surface area (Å²) in [5.41, 5.74) is 1.76. The van der Waals surface area contributed by atoms with E-state index >= 15 is 0 Å². The number of para-hydroxylation sites is 1. The highest BCUT2D eigenvalue weighted by atomic mass is 16.1. The maximum absolute atomic E-state index is 11.2. The quantitative estimate of drug-likeness (QED) is 0.562. The van der Waals surface area contributed by atoms with Gasteiger partial charge in [0.15, 0.2) is 5.78 Å². The first kappa shape index (κ1) is 6.12. The van der Waals surface area contributed by atoms with E-state index in [-0.39, 0.29) is 5.41 Å². The number of benzene rings is 1. The van der Waals surface area contributed by atoms with Crippen LogP contribution in [0, 0.1) is 0 Å². The number of aliphatic imine (C=N–C) groups is 1. The standard InChI is InChI=1S/C10H7NO/c12-9-5-10(9)6-11-8-4-2-1-3-7(8)10/h1-4,6H,5H2. The number of nitrogens with zero attached hydrogens (tertiary/aromatic N) is 1. The number of rotatable bonds is 0. The van der Waals surface area contributed by atoms with Gasteiger partial charge in [-0.25, -0.2) is 0 Å². The summed E-state index contributed by atoms with van der Waals surface area (Å²) < 4.78 is 0. The van der Waals surface area contributed by atoms with Gasteiger partial charge in [-0.1, -0.05) is 18.2 Å². The van der Waals surface area contributed by atoms with Gasteiger partial charge in [0, 0.05) is 12.6 Å². The van der Waals surface area contributed by atoms with Crippen LogP contribution in [0.2, 0.25) is 0 Å². The molecule has 3 rings (SSSR count). The van der Waals surface area contributed by atoms with E-state index in [2.05, 4.69) is 4.99 Å². The molecular weight excluding hydrogens is 150 g/mol. The van der Waals surface area contributed by atoms with Crippen LogP contribution in [0.25, 0.3) is 0 Å². The van der Waals surface area contributed by atoms with Gasteiger partial charge in [-0.05, 0) is 11.6 Å². The van der Waals surface area contributed by atoms with Crippen LogP contribution < -0.4 is 0 Å². The first-order valence-electron chi connectivity index (χ1n) is 4.01. The molecule has 12 heavy (non-hydrogen) atoms. The van der Waals surface area contributed by atoms with Crippen LogP contribution in [0.15, 0.2) is 29.3 Å². The molecule has 1 aliphatic heterocycles. The van der Waals surface area contributed by atoms with Crippen molar-refractivity contribution in [3.63, 3.8) is 0 Å². The summed E-state index contributed by atoms with van der Waals surface area (Å²) in [4.78, 5) is 15.4. The Morgan fingerprint density at radius 1 is 1.33 bits per heavy atom. The molecule has 1 fully saturated rings. The summed E-state index contributed by atoms with van der Waals surface area (Å²) in [7, 11) is 0. The highest BCUT2D eigenvalue weighted by Gasteiger charge is 2.56. The first-order valence-corrected chi connectivity index (χ1v) is 4.01. The molecule has 1 heterocycles. The summed E-state index contributed by atoms with van der Waals surface area (Å²) in [6.45, 7) is 0. The SMILES string of the molecule is O=C1CC12C=Nc1ccccc12. The molecule has 1 aromatic carbocycles. The van der Waals surface area contributed by atoms with Crippen molar-refractivity contribution in [1.29, 1.82) is 0 Å². The molecular formula is C10H7NO. The molecule has 1 unspecified atom stereocenters. The average molecular weight is 157 g/mol. The van der Waals surface area contributed by atoms with E-state index in [1.807, 2.05) is 24.3 Å². The zero-order valence-electron chi connectivity index (χ0n) is 6.45. The van der Waals surface area contributed by atoms with E-state index in [0.717, 1.165) is 11.3 Å². The molecule has 0 bridgehead atoms. The van der Waals surface area contributed by atoms with Gasteiger partial charge in [0.05, 0.1) is 11.1 Å². The molecule has 0 saturated heterocycles. The summed E-state index contributed by atoms with van der Waals surface area (Å²) in [6.07, 6.45) is 2.44. The molecule has 1 saturated carbocycles. The highest BCUT2D eigenvalue weighted by Crippen LogP contribution is 2.49. The van der Waals surface area contributed by atoms with Gasteiger partial charge < -0.3 is 0 Å². The number of fused-ring (bicyclic) bond motifs is 2. The van der Waals surface area contributed by atoms with Gasteiger partial charge in [-0.3, -0.25) is 9.79 Å². The molecule has 1 aliphatic carbocycles. The number of carbonyl (C=O) groups is 1. The van der Waals surface area contributed by atoms with Crippen LogP contribution in [-0.2, 0) is 10.2 Å². The second-order valence-electron chi connectivity index (χ2n) is 3.35. The third-order valence-corrected chi connectivity index (χ3v) is 2.62. The highest BCUT2D eigenvalue weighted by molar-refractivity contribution is 6.23. The number of hydrogen-bond donors (Lipinski definition) is 0. The maximum atomic E-state index is 11.2. The van der Waals surface area contributed by atoms with Gasteiger partial charge in [-0.15, -0.1) is 0 Å². The van der Waals surface area contributed by atoms with Crippen LogP contribution in [0.3, 0.4) is 0 Å². The Kier molecular flexibility index (Phi) is 0.845. The fraction of sp³-hybridized carbons (Fsp3) is 0.200. The summed E-state index contributed by atoms with van der Waals surface area (Å²) >= 11 is 0. The minimum absolute atomic E-state index is 0.295. The van der Waals surface area contributed by atoms with E-state index in [4.69, 9.17) is 0 Å². The number of hydrogen-bond acceptors (Lipinski definition) is 2. The predicted molar refractivity (Wildman–Crippen MR) is 45.9 cm³/mol. The molecule has 2 aliphatic rings. The smallest absolute Gasteiger partial charge is 0.151 e. The van der Waals surface area contributed by atoms with Crippen LogP contribution in [0.5, 0.6) is 0 Å². The van der Waals surface area contributed by atoms with Crippen LogP contribution in [-0.4, -0.2) is 12.0 Å². The Labute approximate surface area is 69.9 Å². The topological polar surface area (TPSA) is 29.4 Å². The lowest BCUT2D eigenvalue weighted by molar-refractivity contribution is -0.110. The largest absolute Gasteiger partial charge is 0.298 e. The predicted octanol–water partition coefficient (Wildman–Crippen LogP) is 1.61. The molecule has 1 atom stereocenters. The molecule has 1 spiro atoms. The molecule has 0 amide bonds. The Bertz CT molecular complexity index is 408. The van der Waals surface area contributed by atoms with Crippen LogP contribution in [0.4, 0.5) is 5.69 Å². The third-order valence-electron chi connectivity index (χ3n) is 2.62. The summed E-state index contributed by atoms with van der Waals surface area (Å²) in [6, 6.07) is 7.85. The maximum Gasteiger partial charge on any atom is 0.151 e. The van der Waals surface area contributed by atoms with Crippen molar-refractivity contribution in [2.45, 2.75) is 11.8 Å². The zero-order valence-corrected chi connectivity index (χ0v) is 6.45. The van der Waals surface area contributed by atoms with E-state index in [1.54, 1.807) is 6.21 Å². The van der Waals surface area contributed by atoms with Gasteiger partial charge in [0.2, 0.25) is 0 Å².